The number of hydrogen-bond donors (Lipinski definition) is 0. The van der Waals surface area contributed by atoms with Crippen molar-refractivity contribution in [2.24, 2.45) is 17.8 Å². The molecular formula is C26H22. The fourth-order valence-electron chi connectivity index (χ4n) is 8.58. The van der Waals surface area contributed by atoms with Crippen molar-refractivity contribution in [3.05, 3.63) is 59.7 Å². The molecule has 0 aliphatic heterocycles. The minimum atomic E-state index is 0.489. The summed E-state index contributed by atoms with van der Waals surface area (Å²) in [7, 11) is 0. The predicted octanol–water partition coefficient (Wildman–Crippen LogP) is 6.66. The first-order chi connectivity index (χ1) is 12.8. The third-order valence-electron chi connectivity index (χ3n) is 8.88. The normalized spacial score (nSPS) is 36.6. The van der Waals surface area contributed by atoms with Crippen LogP contribution in [0, 0.1) is 17.8 Å². The number of hydrogen-bond acceptors (Lipinski definition) is 0. The van der Waals surface area contributed by atoms with E-state index >= 15 is 0 Å². The zero-order valence-electron chi connectivity index (χ0n) is 15.0. The van der Waals surface area contributed by atoms with Gasteiger partial charge in [-0.3, -0.25) is 0 Å². The van der Waals surface area contributed by atoms with E-state index in [-0.39, 0.29) is 0 Å². The molecule has 0 N–H and O–H groups in total. The standard InChI is InChI=1S/C26H22/c1-2-4-18-17(3-1)19-5-6-21-24-22(8-7-20(18)23(19)24)26-12-14-9-15(13-26)11-16(10-14)25(21)26/h1-8,14-16,25H,9-13H2. The van der Waals surface area contributed by atoms with Crippen molar-refractivity contribution in [3.63, 3.8) is 0 Å². The second-order valence-corrected chi connectivity index (χ2v) is 9.90. The summed E-state index contributed by atoms with van der Waals surface area (Å²) in [6, 6.07) is 19.1. The lowest BCUT2D eigenvalue weighted by Crippen LogP contribution is -2.52. The van der Waals surface area contributed by atoms with Gasteiger partial charge in [0.2, 0.25) is 0 Å². The second kappa shape index (κ2) is 3.93. The highest BCUT2D eigenvalue weighted by atomic mass is 14.6. The molecule has 4 fully saturated rings. The SMILES string of the molecule is c1ccc2c(c1)-c1ccc3c4c(ccc-2c14)C12CC4CC(CC(C4)C31)C2. The smallest absolute Gasteiger partial charge is 0.00360 e. The van der Waals surface area contributed by atoms with Crippen LogP contribution in [0.5, 0.6) is 0 Å². The zero-order chi connectivity index (χ0) is 16.6. The minimum absolute atomic E-state index is 0.489. The van der Waals surface area contributed by atoms with Gasteiger partial charge in [0.15, 0.2) is 0 Å². The van der Waals surface area contributed by atoms with Gasteiger partial charge in [0.1, 0.15) is 0 Å². The molecule has 0 heterocycles. The number of benzene rings is 3. The maximum atomic E-state index is 2.56. The Balaban J connectivity index is 1.52. The van der Waals surface area contributed by atoms with Crippen molar-refractivity contribution < 1.29 is 0 Å². The first-order valence-electron chi connectivity index (χ1n) is 10.5. The largest absolute Gasteiger partial charge is 0.0616 e. The van der Waals surface area contributed by atoms with Crippen molar-refractivity contribution in [1.29, 1.82) is 0 Å². The lowest BCUT2D eigenvalue weighted by Gasteiger charge is -2.59. The molecule has 3 aromatic rings. The van der Waals surface area contributed by atoms with Crippen molar-refractivity contribution in [1.82, 2.24) is 0 Å². The third kappa shape index (κ3) is 1.21. The summed E-state index contributed by atoms with van der Waals surface area (Å²) < 4.78 is 0. The van der Waals surface area contributed by atoms with E-state index in [0.717, 1.165) is 23.7 Å². The van der Waals surface area contributed by atoms with Gasteiger partial charge in [0.25, 0.3) is 0 Å². The van der Waals surface area contributed by atoms with Crippen LogP contribution < -0.4 is 0 Å². The molecule has 4 saturated carbocycles. The molecule has 6 aliphatic carbocycles. The molecule has 9 rings (SSSR count). The highest BCUT2D eigenvalue weighted by Gasteiger charge is 2.61. The van der Waals surface area contributed by atoms with Crippen LogP contribution in [0.1, 0.15) is 49.1 Å². The molecule has 3 aromatic carbocycles. The molecule has 1 spiro atoms. The fraction of sp³-hybridized carbons (Fsp3) is 0.385. The molecule has 0 heteroatoms. The minimum Gasteiger partial charge on any atom is -0.0616 e. The number of rotatable bonds is 0. The summed E-state index contributed by atoms with van der Waals surface area (Å²) in [5.74, 6) is 3.79. The molecule has 0 radical (unpaired) electrons. The predicted molar refractivity (Wildman–Crippen MR) is 106 cm³/mol. The van der Waals surface area contributed by atoms with Crippen LogP contribution in [0.15, 0.2) is 48.5 Å². The van der Waals surface area contributed by atoms with Crippen molar-refractivity contribution in [2.45, 2.75) is 43.4 Å². The third-order valence-corrected chi connectivity index (χ3v) is 8.88. The topological polar surface area (TPSA) is 0 Å². The average molecular weight is 334 g/mol. The molecular weight excluding hydrogens is 312 g/mol. The van der Waals surface area contributed by atoms with Crippen molar-refractivity contribution in [2.75, 3.05) is 0 Å². The first kappa shape index (κ1) is 13.1. The molecule has 6 aliphatic rings. The monoisotopic (exact) mass is 334 g/mol. The van der Waals surface area contributed by atoms with Gasteiger partial charge in [0, 0.05) is 5.41 Å². The van der Waals surface area contributed by atoms with Crippen LogP contribution in [0.3, 0.4) is 0 Å². The second-order valence-electron chi connectivity index (χ2n) is 9.90. The lowest BCUT2D eigenvalue weighted by atomic mass is 9.44. The van der Waals surface area contributed by atoms with E-state index in [2.05, 4.69) is 48.5 Å². The van der Waals surface area contributed by atoms with Crippen molar-refractivity contribution in [3.8, 4) is 22.3 Å². The van der Waals surface area contributed by atoms with E-state index in [1.165, 1.54) is 54.4 Å². The van der Waals surface area contributed by atoms with Gasteiger partial charge in [-0.15, -0.1) is 0 Å². The summed E-state index contributed by atoms with van der Waals surface area (Å²) >= 11 is 0. The Labute approximate surface area is 154 Å². The van der Waals surface area contributed by atoms with Crippen LogP contribution in [-0.4, -0.2) is 0 Å². The molecule has 0 aromatic heterocycles. The summed E-state index contributed by atoms with van der Waals surface area (Å²) in [6.45, 7) is 0. The van der Waals surface area contributed by atoms with E-state index in [4.69, 9.17) is 0 Å². The Kier molecular flexibility index (Phi) is 1.99. The lowest BCUT2D eigenvalue weighted by molar-refractivity contribution is -0.0229. The van der Waals surface area contributed by atoms with E-state index in [0.29, 0.717) is 5.41 Å². The van der Waals surface area contributed by atoms with Gasteiger partial charge in [-0.2, -0.15) is 0 Å². The number of fused-ring (bicyclic) bond motifs is 3. The van der Waals surface area contributed by atoms with Gasteiger partial charge < -0.3 is 0 Å². The summed E-state index contributed by atoms with van der Waals surface area (Å²) in [6.07, 6.45) is 7.48. The van der Waals surface area contributed by atoms with Crippen LogP contribution >= 0.6 is 0 Å². The summed E-state index contributed by atoms with van der Waals surface area (Å²) in [5, 5.41) is 3.26. The zero-order valence-corrected chi connectivity index (χ0v) is 15.0. The molecule has 0 nitrogen and oxygen atoms in total. The highest BCUT2D eigenvalue weighted by Crippen LogP contribution is 2.71. The Morgan fingerprint density at radius 3 is 2.08 bits per heavy atom. The quantitative estimate of drug-likeness (QED) is 0.337. The summed E-state index contributed by atoms with van der Waals surface area (Å²) in [4.78, 5) is 0. The molecule has 126 valence electrons. The van der Waals surface area contributed by atoms with Crippen LogP contribution in [0.2, 0.25) is 0 Å². The molecule has 3 atom stereocenters. The van der Waals surface area contributed by atoms with Gasteiger partial charge >= 0.3 is 0 Å². The van der Waals surface area contributed by atoms with Crippen LogP contribution in [0.4, 0.5) is 0 Å². The summed E-state index contributed by atoms with van der Waals surface area (Å²) in [5.41, 5.74) is 9.83. The highest BCUT2D eigenvalue weighted by molar-refractivity contribution is 6.18. The van der Waals surface area contributed by atoms with E-state index < -0.39 is 0 Å². The Morgan fingerprint density at radius 2 is 1.35 bits per heavy atom. The molecule has 0 amide bonds. The van der Waals surface area contributed by atoms with E-state index in [1.54, 1.807) is 21.9 Å². The van der Waals surface area contributed by atoms with E-state index in [1.807, 2.05) is 0 Å². The van der Waals surface area contributed by atoms with Gasteiger partial charge in [0.05, 0.1) is 0 Å². The first-order valence-corrected chi connectivity index (χ1v) is 10.5. The Morgan fingerprint density at radius 1 is 0.654 bits per heavy atom. The molecule has 0 saturated heterocycles. The van der Waals surface area contributed by atoms with Gasteiger partial charge in [-0.1, -0.05) is 48.5 Å². The Bertz CT molecular complexity index is 1110. The van der Waals surface area contributed by atoms with E-state index in [9.17, 15) is 0 Å². The molecule has 26 heavy (non-hydrogen) atoms. The maximum Gasteiger partial charge on any atom is 0.00360 e. The average Bonchev–Trinajstić information content (AvgIpc) is 3.11. The van der Waals surface area contributed by atoms with Crippen LogP contribution in [0.25, 0.3) is 33.0 Å². The Hall–Kier alpha value is -2.08. The van der Waals surface area contributed by atoms with Crippen LogP contribution in [-0.2, 0) is 5.41 Å². The molecule has 3 unspecified atom stereocenters. The fourth-order valence-corrected chi connectivity index (χ4v) is 8.58. The maximum absolute atomic E-state index is 2.56. The van der Waals surface area contributed by atoms with Gasteiger partial charge in [-0.05, 0) is 99.9 Å². The van der Waals surface area contributed by atoms with Crippen molar-refractivity contribution >= 4 is 10.8 Å². The van der Waals surface area contributed by atoms with Gasteiger partial charge in [-0.25, -0.2) is 0 Å². The molecule has 4 bridgehead atoms.